The Balaban J connectivity index is 2.21. The normalized spacial score (nSPS) is 16.1. The van der Waals surface area contributed by atoms with E-state index < -0.39 is 15.3 Å². The van der Waals surface area contributed by atoms with E-state index >= 15 is 0 Å². The lowest BCUT2D eigenvalue weighted by Crippen LogP contribution is -2.33. The number of rotatable bonds is 3. The maximum atomic E-state index is 12.4. The number of anilines is 1. The molecule has 5 nitrogen and oxygen atoms in total. The van der Waals surface area contributed by atoms with Gasteiger partial charge in [-0.3, -0.25) is 4.72 Å². The molecule has 0 aromatic heterocycles. The van der Waals surface area contributed by atoms with E-state index in [0.717, 1.165) is 11.1 Å². The summed E-state index contributed by atoms with van der Waals surface area (Å²) in [5.74, 6) is 5.67. The fourth-order valence-corrected chi connectivity index (χ4v) is 3.69. The van der Waals surface area contributed by atoms with E-state index in [-0.39, 0.29) is 6.54 Å². The predicted molar refractivity (Wildman–Crippen MR) is 83.5 cm³/mol. The minimum Gasteiger partial charge on any atom is -0.381 e. The first-order chi connectivity index (χ1) is 10.0. The number of benzene rings is 1. The Morgan fingerprint density at radius 3 is 2.76 bits per heavy atom. The van der Waals surface area contributed by atoms with Crippen LogP contribution in [-0.2, 0) is 14.8 Å². The monoisotopic (exact) mass is 308 g/mol. The molecule has 1 fully saturated rings. The van der Waals surface area contributed by atoms with Gasteiger partial charge in [-0.25, -0.2) is 8.42 Å². The number of nitrogens with two attached hydrogens (primary N) is 1. The summed E-state index contributed by atoms with van der Waals surface area (Å²) in [4.78, 5) is 0. The number of aryl methyl sites for hydroxylation is 1. The average Bonchev–Trinajstić information content (AvgIpc) is 2.49. The van der Waals surface area contributed by atoms with Crippen LogP contribution in [0.2, 0.25) is 0 Å². The van der Waals surface area contributed by atoms with Crippen LogP contribution in [0.1, 0.15) is 24.0 Å². The molecule has 0 unspecified atom stereocenters. The maximum absolute atomic E-state index is 12.4. The van der Waals surface area contributed by atoms with Gasteiger partial charge in [0, 0.05) is 18.8 Å². The van der Waals surface area contributed by atoms with Gasteiger partial charge in [-0.15, -0.1) is 0 Å². The molecule has 0 radical (unpaired) electrons. The highest BCUT2D eigenvalue weighted by molar-refractivity contribution is 7.93. The van der Waals surface area contributed by atoms with Gasteiger partial charge in [0.25, 0.3) is 0 Å². The minimum absolute atomic E-state index is 0.275. The SMILES string of the molecule is Cc1ccc(C#CCN)cc1NS(=O)(=O)C1CCOCC1. The van der Waals surface area contributed by atoms with Gasteiger partial charge < -0.3 is 10.5 Å². The molecule has 1 saturated heterocycles. The molecule has 114 valence electrons. The van der Waals surface area contributed by atoms with Gasteiger partial charge in [0.15, 0.2) is 0 Å². The maximum Gasteiger partial charge on any atom is 0.235 e. The van der Waals surface area contributed by atoms with E-state index in [1.807, 2.05) is 19.1 Å². The molecular weight excluding hydrogens is 288 g/mol. The van der Waals surface area contributed by atoms with Crippen molar-refractivity contribution in [3.05, 3.63) is 29.3 Å². The first-order valence-corrected chi connectivity index (χ1v) is 8.46. The Labute approximate surface area is 125 Å². The third kappa shape index (κ3) is 4.21. The number of hydrogen-bond acceptors (Lipinski definition) is 4. The fraction of sp³-hybridized carbons (Fsp3) is 0.467. The van der Waals surface area contributed by atoms with Crippen LogP contribution in [0, 0.1) is 18.8 Å². The van der Waals surface area contributed by atoms with Crippen LogP contribution in [0.4, 0.5) is 5.69 Å². The average molecular weight is 308 g/mol. The molecule has 0 spiro atoms. The molecule has 6 heteroatoms. The molecule has 1 aliphatic rings. The lowest BCUT2D eigenvalue weighted by Gasteiger charge is -2.23. The smallest absolute Gasteiger partial charge is 0.235 e. The van der Waals surface area contributed by atoms with Crippen molar-refractivity contribution in [1.82, 2.24) is 0 Å². The van der Waals surface area contributed by atoms with Crippen molar-refractivity contribution < 1.29 is 13.2 Å². The summed E-state index contributed by atoms with van der Waals surface area (Å²) in [7, 11) is -3.40. The van der Waals surface area contributed by atoms with Crippen LogP contribution in [0.15, 0.2) is 18.2 Å². The first-order valence-electron chi connectivity index (χ1n) is 6.92. The molecular formula is C15H20N2O3S. The fourth-order valence-electron chi connectivity index (χ4n) is 2.19. The van der Waals surface area contributed by atoms with Crippen LogP contribution >= 0.6 is 0 Å². The number of hydrogen-bond donors (Lipinski definition) is 2. The Kier molecular flexibility index (Phi) is 5.23. The molecule has 0 atom stereocenters. The summed E-state index contributed by atoms with van der Waals surface area (Å²) >= 11 is 0. The van der Waals surface area contributed by atoms with Crippen LogP contribution < -0.4 is 10.5 Å². The molecule has 1 aromatic carbocycles. The molecule has 0 saturated carbocycles. The summed E-state index contributed by atoms with van der Waals surface area (Å²) < 4.78 is 32.7. The number of ether oxygens (including phenoxy) is 1. The largest absolute Gasteiger partial charge is 0.381 e. The zero-order valence-electron chi connectivity index (χ0n) is 12.1. The van der Waals surface area contributed by atoms with Crippen LogP contribution in [-0.4, -0.2) is 33.4 Å². The second kappa shape index (κ2) is 6.94. The van der Waals surface area contributed by atoms with Gasteiger partial charge >= 0.3 is 0 Å². The molecule has 0 bridgehead atoms. The lowest BCUT2D eigenvalue weighted by molar-refractivity contribution is 0.0984. The highest BCUT2D eigenvalue weighted by Gasteiger charge is 2.28. The van der Waals surface area contributed by atoms with Crippen LogP contribution in [0.25, 0.3) is 0 Å². The van der Waals surface area contributed by atoms with Gasteiger partial charge in [-0.05, 0) is 37.5 Å². The summed E-state index contributed by atoms with van der Waals surface area (Å²) in [6, 6.07) is 5.45. The first kappa shape index (κ1) is 15.8. The van der Waals surface area contributed by atoms with E-state index in [4.69, 9.17) is 10.5 Å². The molecule has 1 heterocycles. The van der Waals surface area contributed by atoms with Gasteiger partial charge in [0.05, 0.1) is 17.5 Å². The minimum atomic E-state index is -3.40. The van der Waals surface area contributed by atoms with Crippen molar-refractivity contribution in [2.75, 3.05) is 24.5 Å². The van der Waals surface area contributed by atoms with Gasteiger partial charge in [0.1, 0.15) is 0 Å². The van der Waals surface area contributed by atoms with Crippen molar-refractivity contribution in [3.8, 4) is 11.8 Å². The summed E-state index contributed by atoms with van der Waals surface area (Å²) in [5, 5.41) is -0.399. The zero-order valence-corrected chi connectivity index (χ0v) is 12.9. The summed E-state index contributed by atoms with van der Waals surface area (Å²) in [6.07, 6.45) is 1.06. The Morgan fingerprint density at radius 2 is 2.10 bits per heavy atom. The molecule has 21 heavy (non-hydrogen) atoms. The quantitative estimate of drug-likeness (QED) is 0.823. The molecule has 0 aliphatic carbocycles. The Bertz CT molecular complexity index is 653. The predicted octanol–water partition coefficient (Wildman–Crippen LogP) is 1.23. The van der Waals surface area contributed by atoms with Crippen molar-refractivity contribution in [2.24, 2.45) is 5.73 Å². The highest BCUT2D eigenvalue weighted by atomic mass is 32.2. The zero-order chi connectivity index (χ0) is 15.3. The standard InChI is InChI=1S/C15H20N2O3S/c1-12-4-5-13(3-2-8-16)11-15(12)17-21(18,19)14-6-9-20-10-7-14/h4-5,11,14,17H,6-10,16H2,1H3. The van der Waals surface area contributed by atoms with Crippen molar-refractivity contribution in [2.45, 2.75) is 25.0 Å². The Hall–Kier alpha value is -1.55. The van der Waals surface area contributed by atoms with Crippen LogP contribution in [0.3, 0.4) is 0 Å². The second-order valence-corrected chi connectivity index (χ2v) is 6.96. The third-order valence-corrected chi connectivity index (χ3v) is 5.29. The molecule has 1 aromatic rings. The highest BCUT2D eigenvalue weighted by Crippen LogP contribution is 2.22. The van der Waals surface area contributed by atoms with Crippen molar-refractivity contribution in [1.29, 1.82) is 0 Å². The lowest BCUT2D eigenvalue weighted by atomic mass is 10.1. The summed E-state index contributed by atoms with van der Waals surface area (Å²) in [5.41, 5.74) is 7.53. The van der Waals surface area contributed by atoms with E-state index in [9.17, 15) is 8.42 Å². The Morgan fingerprint density at radius 1 is 1.38 bits per heavy atom. The van der Waals surface area contributed by atoms with E-state index in [1.54, 1.807) is 6.07 Å². The van der Waals surface area contributed by atoms with Crippen molar-refractivity contribution in [3.63, 3.8) is 0 Å². The number of nitrogens with one attached hydrogen (secondary N) is 1. The van der Waals surface area contributed by atoms with E-state index in [1.165, 1.54) is 0 Å². The molecule has 0 amide bonds. The summed E-state index contributed by atoms with van der Waals surface area (Å²) in [6.45, 7) is 3.12. The second-order valence-electron chi connectivity index (χ2n) is 4.99. The molecule has 3 N–H and O–H groups in total. The molecule has 2 rings (SSSR count). The van der Waals surface area contributed by atoms with E-state index in [2.05, 4.69) is 16.6 Å². The van der Waals surface area contributed by atoms with Gasteiger partial charge in [0.2, 0.25) is 10.0 Å². The van der Waals surface area contributed by atoms with Crippen molar-refractivity contribution >= 4 is 15.7 Å². The van der Waals surface area contributed by atoms with Gasteiger partial charge in [-0.1, -0.05) is 17.9 Å². The molecule has 1 aliphatic heterocycles. The van der Waals surface area contributed by atoms with E-state index in [0.29, 0.717) is 31.7 Å². The third-order valence-electron chi connectivity index (χ3n) is 3.43. The number of sulfonamides is 1. The topological polar surface area (TPSA) is 81.4 Å². The van der Waals surface area contributed by atoms with Crippen LogP contribution in [0.5, 0.6) is 0 Å². The van der Waals surface area contributed by atoms with Gasteiger partial charge in [-0.2, -0.15) is 0 Å².